The lowest BCUT2D eigenvalue weighted by Gasteiger charge is -2.25. The molecule has 0 aliphatic heterocycles. The molecule has 0 unspecified atom stereocenters. The first-order valence-corrected chi connectivity index (χ1v) is 7.52. The molecule has 0 atom stereocenters. The highest BCUT2D eigenvalue weighted by Crippen LogP contribution is 2.19. The van der Waals surface area contributed by atoms with Gasteiger partial charge in [0.2, 0.25) is 10.0 Å². The van der Waals surface area contributed by atoms with Gasteiger partial charge in [-0.15, -0.1) is 0 Å². The monoisotopic (exact) mass is 287 g/mol. The Hall–Kier alpha value is -1.18. The first-order valence-electron chi connectivity index (χ1n) is 6.08. The molecule has 0 aliphatic carbocycles. The lowest BCUT2D eigenvalue weighted by Crippen LogP contribution is -2.39. The average Bonchev–Trinajstić information content (AvgIpc) is 2.38. The smallest absolute Gasteiger partial charge is 0.243 e. The van der Waals surface area contributed by atoms with Crippen LogP contribution in [0.25, 0.3) is 0 Å². The molecule has 1 rings (SSSR count). The Balaban J connectivity index is 3.11. The molecule has 1 heterocycles. The van der Waals surface area contributed by atoms with Crippen LogP contribution in [0.2, 0.25) is 0 Å². The number of rotatable bonds is 7. The second-order valence-electron chi connectivity index (χ2n) is 4.33. The van der Waals surface area contributed by atoms with E-state index in [0.717, 1.165) is 0 Å². The molecule has 0 saturated heterocycles. The number of nitrogens with one attached hydrogen (secondary N) is 1. The highest BCUT2D eigenvalue weighted by atomic mass is 32.2. The summed E-state index contributed by atoms with van der Waals surface area (Å²) in [5.41, 5.74) is 0. The molecule has 7 heteroatoms. The summed E-state index contributed by atoms with van der Waals surface area (Å²) >= 11 is 0. The summed E-state index contributed by atoms with van der Waals surface area (Å²) < 4.78 is 31.5. The number of ether oxygens (including phenoxy) is 1. The van der Waals surface area contributed by atoms with E-state index in [9.17, 15) is 8.42 Å². The quantitative estimate of drug-likeness (QED) is 0.815. The van der Waals surface area contributed by atoms with Gasteiger partial charge in [0.25, 0.3) is 0 Å². The zero-order valence-corrected chi connectivity index (χ0v) is 12.6. The molecule has 0 aromatic carbocycles. The summed E-state index contributed by atoms with van der Waals surface area (Å²) in [6.45, 7) is 4.37. The minimum absolute atomic E-state index is 0.133. The van der Waals surface area contributed by atoms with Gasteiger partial charge in [0.15, 0.2) is 0 Å². The minimum Gasteiger partial charge on any atom is -0.383 e. The number of methoxy groups -OCH3 is 1. The molecule has 1 aromatic heterocycles. The van der Waals surface area contributed by atoms with E-state index in [4.69, 9.17) is 4.74 Å². The molecule has 0 fully saturated rings. The lowest BCUT2D eigenvalue weighted by molar-refractivity contribution is 0.171. The standard InChI is InChI=1S/C12H21N3O3S/c1-10(2)15(7-8-18-4)19(16,17)11-5-6-14-12(9-11)13-3/h5-6,9-10H,7-8H2,1-4H3,(H,13,14). The van der Waals surface area contributed by atoms with Crippen LogP contribution in [0.3, 0.4) is 0 Å². The summed E-state index contributed by atoms with van der Waals surface area (Å²) in [7, 11) is -0.281. The van der Waals surface area contributed by atoms with Crippen LogP contribution in [0.4, 0.5) is 5.82 Å². The van der Waals surface area contributed by atoms with Crippen molar-refractivity contribution in [3.63, 3.8) is 0 Å². The Kier molecular flexibility index (Phi) is 5.71. The molecule has 0 aliphatic rings. The first kappa shape index (κ1) is 15.9. The van der Waals surface area contributed by atoms with Gasteiger partial charge >= 0.3 is 0 Å². The van der Waals surface area contributed by atoms with Crippen molar-refractivity contribution in [2.75, 3.05) is 32.6 Å². The van der Waals surface area contributed by atoms with Crippen molar-refractivity contribution in [2.45, 2.75) is 24.8 Å². The predicted molar refractivity (Wildman–Crippen MR) is 74.7 cm³/mol. The average molecular weight is 287 g/mol. The van der Waals surface area contributed by atoms with Crippen LogP contribution < -0.4 is 5.32 Å². The van der Waals surface area contributed by atoms with Crippen LogP contribution >= 0.6 is 0 Å². The van der Waals surface area contributed by atoms with Gasteiger partial charge in [-0.2, -0.15) is 4.31 Å². The van der Waals surface area contributed by atoms with Crippen molar-refractivity contribution in [1.82, 2.24) is 9.29 Å². The Morgan fingerprint density at radius 1 is 1.47 bits per heavy atom. The molecule has 19 heavy (non-hydrogen) atoms. The Morgan fingerprint density at radius 2 is 2.16 bits per heavy atom. The molecule has 0 spiro atoms. The molecule has 6 nitrogen and oxygen atoms in total. The fourth-order valence-corrected chi connectivity index (χ4v) is 3.32. The van der Waals surface area contributed by atoms with Crippen LogP contribution in [-0.2, 0) is 14.8 Å². The van der Waals surface area contributed by atoms with E-state index in [0.29, 0.717) is 19.0 Å². The van der Waals surface area contributed by atoms with E-state index in [1.54, 1.807) is 14.2 Å². The van der Waals surface area contributed by atoms with Gasteiger partial charge in [0.05, 0.1) is 11.5 Å². The lowest BCUT2D eigenvalue weighted by atomic mass is 10.4. The highest BCUT2D eigenvalue weighted by Gasteiger charge is 2.26. The minimum atomic E-state index is -3.53. The van der Waals surface area contributed by atoms with Crippen molar-refractivity contribution in [2.24, 2.45) is 0 Å². The fourth-order valence-electron chi connectivity index (χ4n) is 1.68. The van der Waals surface area contributed by atoms with Crippen molar-refractivity contribution >= 4 is 15.8 Å². The number of sulfonamides is 1. The SMILES string of the molecule is CNc1cc(S(=O)(=O)N(CCOC)C(C)C)ccn1. The summed E-state index contributed by atoms with van der Waals surface area (Å²) in [6.07, 6.45) is 1.48. The largest absolute Gasteiger partial charge is 0.383 e. The Labute approximate surface area is 114 Å². The topological polar surface area (TPSA) is 71.5 Å². The van der Waals surface area contributed by atoms with Gasteiger partial charge in [-0.25, -0.2) is 13.4 Å². The second-order valence-corrected chi connectivity index (χ2v) is 6.22. The van der Waals surface area contributed by atoms with E-state index < -0.39 is 10.0 Å². The van der Waals surface area contributed by atoms with Gasteiger partial charge in [-0.1, -0.05) is 0 Å². The maximum Gasteiger partial charge on any atom is 0.243 e. The second kappa shape index (κ2) is 6.83. The maximum atomic E-state index is 12.6. The van der Waals surface area contributed by atoms with Crippen LogP contribution in [0.1, 0.15) is 13.8 Å². The van der Waals surface area contributed by atoms with Crippen LogP contribution in [-0.4, -0.2) is 51.1 Å². The maximum absolute atomic E-state index is 12.6. The van der Waals surface area contributed by atoms with Gasteiger partial charge in [0, 0.05) is 39.0 Å². The van der Waals surface area contributed by atoms with E-state index >= 15 is 0 Å². The van der Waals surface area contributed by atoms with Gasteiger partial charge < -0.3 is 10.1 Å². The fraction of sp³-hybridized carbons (Fsp3) is 0.583. The van der Waals surface area contributed by atoms with Gasteiger partial charge in [-0.05, 0) is 19.9 Å². The zero-order chi connectivity index (χ0) is 14.5. The molecule has 0 bridgehead atoms. The Bertz CT molecular complexity index is 503. The van der Waals surface area contributed by atoms with E-state index in [-0.39, 0.29) is 10.9 Å². The molecule has 1 aromatic rings. The van der Waals surface area contributed by atoms with Crippen molar-refractivity contribution in [3.8, 4) is 0 Å². The number of anilines is 1. The van der Waals surface area contributed by atoms with Gasteiger partial charge in [-0.3, -0.25) is 0 Å². The van der Waals surface area contributed by atoms with Crippen molar-refractivity contribution in [3.05, 3.63) is 18.3 Å². The van der Waals surface area contributed by atoms with Crippen molar-refractivity contribution < 1.29 is 13.2 Å². The highest BCUT2D eigenvalue weighted by molar-refractivity contribution is 7.89. The van der Waals surface area contributed by atoms with E-state index in [2.05, 4.69) is 10.3 Å². The third-order valence-corrected chi connectivity index (χ3v) is 4.76. The third-order valence-electron chi connectivity index (χ3n) is 2.69. The number of hydrogen-bond donors (Lipinski definition) is 1. The van der Waals surface area contributed by atoms with Gasteiger partial charge in [0.1, 0.15) is 5.82 Å². The number of pyridine rings is 1. The van der Waals surface area contributed by atoms with Crippen molar-refractivity contribution in [1.29, 1.82) is 0 Å². The normalized spacial score (nSPS) is 12.1. The summed E-state index contributed by atoms with van der Waals surface area (Å²) in [5, 5.41) is 2.83. The number of hydrogen-bond acceptors (Lipinski definition) is 5. The Morgan fingerprint density at radius 3 is 2.68 bits per heavy atom. The molecular formula is C12H21N3O3S. The van der Waals surface area contributed by atoms with Crippen LogP contribution in [0, 0.1) is 0 Å². The summed E-state index contributed by atoms with van der Waals surface area (Å²) in [5.74, 6) is 0.525. The summed E-state index contributed by atoms with van der Waals surface area (Å²) in [4.78, 5) is 4.25. The summed E-state index contributed by atoms with van der Waals surface area (Å²) in [6, 6.07) is 2.89. The number of aromatic nitrogens is 1. The molecule has 0 saturated carbocycles. The number of nitrogens with zero attached hydrogens (tertiary/aromatic N) is 2. The first-order chi connectivity index (χ1) is 8.93. The molecular weight excluding hydrogens is 266 g/mol. The molecule has 1 N–H and O–H groups in total. The molecule has 0 radical (unpaired) electrons. The van der Waals surface area contributed by atoms with Crippen LogP contribution in [0.5, 0.6) is 0 Å². The van der Waals surface area contributed by atoms with E-state index in [1.165, 1.54) is 22.6 Å². The van der Waals surface area contributed by atoms with Crippen LogP contribution in [0.15, 0.2) is 23.2 Å². The zero-order valence-electron chi connectivity index (χ0n) is 11.8. The molecule has 0 amide bonds. The van der Waals surface area contributed by atoms with E-state index in [1.807, 2.05) is 13.8 Å². The third kappa shape index (κ3) is 3.89. The predicted octanol–water partition coefficient (Wildman–Crippen LogP) is 1.17. The molecule has 108 valence electrons.